The molecule has 0 unspecified atom stereocenters. The maximum absolute atomic E-state index is 12.8. The Hall–Kier alpha value is -1.55. The van der Waals surface area contributed by atoms with Crippen LogP contribution in [-0.4, -0.2) is 17.5 Å². The van der Waals surface area contributed by atoms with E-state index in [-0.39, 0.29) is 5.97 Å². The van der Waals surface area contributed by atoms with Gasteiger partial charge in [0.2, 0.25) is 5.60 Å². The van der Waals surface area contributed by atoms with Gasteiger partial charge in [-0.25, -0.2) is 4.79 Å². The number of hydrogen-bond donors (Lipinski definition) is 0. The standard InChI is InChI=1S/C17H19ClO4/c1-10-9-11(5-6-12(10)18)21-14(20)17-8-7-16(4,13(19)22-17)15(17,2)3/h5-6,9H,7-8H2,1-4H3/t16-,17-/m0/s1. The van der Waals surface area contributed by atoms with Gasteiger partial charge in [0.05, 0.1) is 5.41 Å². The highest BCUT2D eigenvalue weighted by molar-refractivity contribution is 6.31. The smallest absolute Gasteiger partial charge is 0.356 e. The highest BCUT2D eigenvalue weighted by Gasteiger charge is 2.76. The summed E-state index contributed by atoms with van der Waals surface area (Å²) in [5, 5.41) is 0.610. The van der Waals surface area contributed by atoms with E-state index in [1.54, 1.807) is 18.2 Å². The average Bonchev–Trinajstić information content (AvgIpc) is 2.73. The van der Waals surface area contributed by atoms with Crippen LogP contribution in [0.5, 0.6) is 5.75 Å². The first kappa shape index (κ1) is 15.3. The number of hydrogen-bond acceptors (Lipinski definition) is 4. The third kappa shape index (κ3) is 1.70. The van der Waals surface area contributed by atoms with Crippen molar-refractivity contribution in [3.05, 3.63) is 28.8 Å². The van der Waals surface area contributed by atoms with E-state index in [0.717, 1.165) is 5.56 Å². The van der Waals surface area contributed by atoms with Crippen LogP contribution in [0.4, 0.5) is 0 Å². The Morgan fingerprint density at radius 2 is 1.95 bits per heavy atom. The molecule has 5 heteroatoms. The van der Waals surface area contributed by atoms with E-state index < -0.39 is 22.4 Å². The normalized spacial score (nSPS) is 32.0. The summed E-state index contributed by atoms with van der Waals surface area (Å²) in [5.74, 6) is -0.407. The Kier molecular flexibility index (Phi) is 3.12. The van der Waals surface area contributed by atoms with Crippen LogP contribution in [0.1, 0.15) is 39.2 Å². The molecule has 0 N–H and O–H groups in total. The first-order valence-corrected chi connectivity index (χ1v) is 7.74. The number of halogens is 1. The Morgan fingerprint density at radius 1 is 1.27 bits per heavy atom. The molecule has 3 rings (SSSR count). The van der Waals surface area contributed by atoms with E-state index in [2.05, 4.69) is 0 Å². The van der Waals surface area contributed by atoms with Crippen molar-refractivity contribution in [2.24, 2.45) is 10.8 Å². The lowest BCUT2D eigenvalue weighted by Crippen LogP contribution is -2.50. The third-order valence-electron chi connectivity index (χ3n) is 5.75. The van der Waals surface area contributed by atoms with Crippen molar-refractivity contribution in [3.8, 4) is 5.75 Å². The molecule has 1 aromatic carbocycles. The van der Waals surface area contributed by atoms with Crippen LogP contribution in [0.25, 0.3) is 0 Å². The first-order valence-electron chi connectivity index (χ1n) is 7.36. The molecule has 2 atom stereocenters. The second kappa shape index (κ2) is 4.48. The number of esters is 2. The topological polar surface area (TPSA) is 52.6 Å². The molecule has 0 radical (unpaired) electrons. The number of fused-ring (bicyclic) bond motifs is 2. The molecule has 0 spiro atoms. The Balaban J connectivity index is 1.92. The van der Waals surface area contributed by atoms with Crippen LogP contribution < -0.4 is 4.74 Å². The molecule has 2 aliphatic rings. The lowest BCUT2D eigenvalue weighted by molar-refractivity contribution is -0.176. The van der Waals surface area contributed by atoms with Gasteiger partial charge >= 0.3 is 11.9 Å². The van der Waals surface area contributed by atoms with E-state index >= 15 is 0 Å². The second-order valence-electron chi connectivity index (χ2n) is 6.97. The highest BCUT2D eigenvalue weighted by atomic mass is 35.5. The van der Waals surface area contributed by atoms with Gasteiger partial charge in [-0.15, -0.1) is 0 Å². The molecule has 118 valence electrons. The van der Waals surface area contributed by atoms with Crippen molar-refractivity contribution >= 4 is 23.5 Å². The Morgan fingerprint density at radius 3 is 2.45 bits per heavy atom. The fourth-order valence-corrected chi connectivity index (χ4v) is 3.69. The van der Waals surface area contributed by atoms with Crippen LogP contribution in [-0.2, 0) is 14.3 Å². The number of carbonyl (C=O) groups is 2. The number of ether oxygens (including phenoxy) is 2. The molecule has 1 aromatic rings. The molecular formula is C17H19ClO4. The predicted octanol–water partition coefficient (Wildman–Crippen LogP) is 3.68. The molecular weight excluding hydrogens is 304 g/mol. The molecule has 1 aliphatic heterocycles. The summed E-state index contributed by atoms with van der Waals surface area (Å²) < 4.78 is 11.0. The van der Waals surface area contributed by atoms with Gasteiger partial charge in [0.15, 0.2) is 0 Å². The van der Waals surface area contributed by atoms with Crippen molar-refractivity contribution in [2.45, 2.75) is 46.1 Å². The molecule has 4 nitrogen and oxygen atoms in total. The molecule has 1 saturated heterocycles. The number of aryl methyl sites for hydroxylation is 1. The van der Waals surface area contributed by atoms with E-state index in [9.17, 15) is 9.59 Å². The number of carbonyl (C=O) groups excluding carboxylic acids is 2. The van der Waals surface area contributed by atoms with Gasteiger partial charge in [-0.1, -0.05) is 25.4 Å². The summed E-state index contributed by atoms with van der Waals surface area (Å²) in [4.78, 5) is 24.9. The maximum Gasteiger partial charge on any atom is 0.356 e. The summed E-state index contributed by atoms with van der Waals surface area (Å²) in [6.45, 7) is 7.51. The summed E-state index contributed by atoms with van der Waals surface area (Å²) in [5.41, 5.74) is -1.62. The van der Waals surface area contributed by atoms with Crippen LogP contribution >= 0.6 is 11.6 Å². The van der Waals surface area contributed by atoms with Crippen LogP contribution in [0, 0.1) is 17.8 Å². The minimum absolute atomic E-state index is 0.312. The second-order valence-corrected chi connectivity index (χ2v) is 7.38. The molecule has 1 aliphatic carbocycles. The van der Waals surface area contributed by atoms with Gasteiger partial charge in [0, 0.05) is 10.4 Å². The summed E-state index contributed by atoms with van der Waals surface area (Å²) in [7, 11) is 0. The average molecular weight is 323 g/mol. The molecule has 2 fully saturated rings. The Labute approximate surface area is 134 Å². The van der Waals surface area contributed by atoms with E-state index in [1.807, 2.05) is 27.7 Å². The molecule has 22 heavy (non-hydrogen) atoms. The summed E-state index contributed by atoms with van der Waals surface area (Å²) >= 11 is 5.98. The maximum atomic E-state index is 12.8. The zero-order chi connectivity index (χ0) is 16.3. The first-order chi connectivity index (χ1) is 10.1. The zero-order valence-electron chi connectivity index (χ0n) is 13.2. The van der Waals surface area contributed by atoms with Gasteiger partial charge in [-0.05, 0) is 50.5 Å². The molecule has 1 saturated carbocycles. The monoisotopic (exact) mass is 322 g/mol. The third-order valence-corrected chi connectivity index (χ3v) is 6.18. The molecule has 2 bridgehead atoms. The SMILES string of the molecule is Cc1cc(OC(=O)[C@]23CC[C@@](C)(C(=O)O2)C3(C)C)ccc1Cl. The lowest BCUT2D eigenvalue weighted by Gasteiger charge is -2.34. The van der Waals surface area contributed by atoms with Gasteiger partial charge in [-0.2, -0.15) is 0 Å². The molecule has 0 aromatic heterocycles. The van der Waals surface area contributed by atoms with Crippen molar-refractivity contribution in [3.63, 3.8) is 0 Å². The van der Waals surface area contributed by atoms with Gasteiger partial charge < -0.3 is 9.47 Å². The van der Waals surface area contributed by atoms with Crippen LogP contribution in [0.3, 0.4) is 0 Å². The van der Waals surface area contributed by atoms with Crippen LogP contribution in [0.15, 0.2) is 18.2 Å². The van der Waals surface area contributed by atoms with Gasteiger partial charge in [-0.3, -0.25) is 4.79 Å². The zero-order valence-corrected chi connectivity index (χ0v) is 13.9. The van der Waals surface area contributed by atoms with Crippen molar-refractivity contribution in [1.29, 1.82) is 0 Å². The van der Waals surface area contributed by atoms with Gasteiger partial charge in [0.25, 0.3) is 0 Å². The van der Waals surface area contributed by atoms with Gasteiger partial charge in [0.1, 0.15) is 5.75 Å². The van der Waals surface area contributed by atoms with E-state index in [0.29, 0.717) is 23.6 Å². The largest absolute Gasteiger partial charge is 0.446 e. The van der Waals surface area contributed by atoms with Crippen LogP contribution in [0.2, 0.25) is 5.02 Å². The fraction of sp³-hybridized carbons (Fsp3) is 0.529. The van der Waals surface area contributed by atoms with Crippen molar-refractivity contribution in [1.82, 2.24) is 0 Å². The summed E-state index contributed by atoms with van der Waals surface area (Å²) in [6.07, 6.45) is 1.13. The van der Waals surface area contributed by atoms with E-state index in [4.69, 9.17) is 21.1 Å². The highest BCUT2D eigenvalue weighted by Crippen LogP contribution is 2.65. The number of rotatable bonds is 2. The minimum Gasteiger partial charge on any atom is -0.446 e. The minimum atomic E-state index is -1.20. The molecule has 1 heterocycles. The molecule has 0 amide bonds. The van der Waals surface area contributed by atoms with E-state index in [1.165, 1.54) is 0 Å². The van der Waals surface area contributed by atoms with Crippen molar-refractivity contribution in [2.75, 3.05) is 0 Å². The Bertz CT molecular complexity index is 681. The lowest BCUT2D eigenvalue weighted by atomic mass is 9.66. The quantitative estimate of drug-likeness (QED) is 0.615. The van der Waals surface area contributed by atoms with Crippen molar-refractivity contribution < 1.29 is 19.1 Å². The number of benzene rings is 1. The fourth-order valence-electron chi connectivity index (χ4n) is 3.57. The summed E-state index contributed by atoms with van der Waals surface area (Å²) in [6, 6.07) is 5.03. The predicted molar refractivity (Wildman–Crippen MR) is 81.8 cm³/mol.